The zero-order chi connectivity index (χ0) is 22.0. The molecule has 6 nitrogen and oxygen atoms in total. The van der Waals surface area contributed by atoms with Gasteiger partial charge in [-0.15, -0.1) is 0 Å². The Bertz CT molecular complexity index is 1070. The minimum absolute atomic E-state index is 0.130. The van der Waals surface area contributed by atoms with Crippen molar-refractivity contribution in [3.05, 3.63) is 60.7 Å². The lowest BCUT2D eigenvalue weighted by molar-refractivity contribution is 0.0821. The predicted octanol–water partition coefficient (Wildman–Crippen LogP) is 3.53. The van der Waals surface area contributed by atoms with Crippen molar-refractivity contribution < 1.29 is 16.8 Å². The van der Waals surface area contributed by atoms with Crippen molar-refractivity contribution in [2.24, 2.45) is 10.8 Å². The van der Waals surface area contributed by atoms with E-state index in [4.69, 9.17) is 0 Å². The molecule has 164 valence electrons. The first kappa shape index (κ1) is 22.9. The molecular weight excluding hydrogens is 420 g/mol. The Morgan fingerprint density at radius 1 is 0.800 bits per heavy atom. The Balaban J connectivity index is 1.75. The van der Waals surface area contributed by atoms with Gasteiger partial charge in [-0.1, -0.05) is 57.2 Å². The first-order valence-electron chi connectivity index (χ1n) is 10.0. The molecule has 0 radical (unpaired) electrons. The van der Waals surface area contributed by atoms with Crippen molar-refractivity contribution in [1.82, 2.24) is 9.44 Å². The van der Waals surface area contributed by atoms with Crippen LogP contribution in [0.2, 0.25) is 0 Å². The van der Waals surface area contributed by atoms with Crippen LogP contribution in [0.1, 0.15) is 40.0 Å². The fourth-order valence-electron chi connectivity index (χ4n) is 4.69. The highest BCUT2D eigenvalue weighted by Crippen LogP contribution is 2.46. The van der Waals surface area contributed by atoms with E-state index in [1.807, 2.05) is 6.92 Å². The zero-order valence-corrected chi connectivity index (χ0v) is 19.3. The molecule has 0 saturated heterocycles. The summed E-state index contributed by atoms with van der Waals surface area (Å²) >= 11 is 0. The monoisotopic (exact) mass is 450 g/mol. The van der Waals surface area contributed by atoms with Crippen molar-refractivity contribution >= 4 is 20.0 Å². The van der Waals surface area contributed by atoms with Crippen LogP contribution in [0.5, 0.6) is 0 Å². The average Bonchev–Trinajstić information content (AvgIpc) is 2.66. The molecule has 1 saturated carbocycles. The molecule has 30 heavy (non-hydrogen) atoms. The van der Waals surface area contributed by atoms with Gasteiger partial charge in [0.2, 0.25) is 20.0 Å². The Hall–Kier alpha value is -1.74. The molecule has 0 unspecified atom stereocenters. The van der Waals surface area contributed by atoms with E-state index < -0.39 is 20.0 Å². The van der Waals surface area contributed by atoms with Crippen LogP contribution >= 0.6 is 0 Å². The molecule has 0 aliphatic heterocycles. The maximum atomic E-state index is 12.8. The minimum Gasteiger partial charge on any atom is -0.211 e. The van der Waals surface area contributed by atoms with Crippen LogP contribution in [0.4, 0.5) is 0 Å². The first-order chi connectivity index (χ1) is 13.9. The van der Waals surface area contributed by atoms with Gasteiger partial charge in [-0.05, 0) is 54.4 Å². The summed E-state index contributed by atoms with van der Waals surface area (Å²) in [6.45, 7) is 6.46. The summed E-state index contributed by atoms with van der Waals surface area (Å²) in [4.78, 5) is 0.463. The molecule has 1 fully saturated rings. The van der Waals surface area contributed by atoms with Gasteiger partial charge >= 0.3 is 0 Å². The van der Waals surface area contributed by atoms with E-state index in [2.05, 4.69) is 23.3 Å². The Labute approximate surface area is 180 Å². The van der Waals surface area contributed by atoms with Gasteiger partial charge in [-0.25, -0.2) is 26.3 Å². The Morgan fingerprint density at radius 2 is 1.30 bits per heavy atom. The minimum atomic E-state index is -3.64. The number of sulfonamides is 2. The van der Waals surface area contributed by atoms with Gasteiger partial charge in [0.15, 0.2) is 0 Å². The molecular formula is C22H30N2O4S2. The van der Waals surface area contributed by atoms with E-state index in [0.717, 1.165) is 6.42 Å². The van der Waals surface area contributed by atoms with Crippen LogP contribution < -0.4 is 9.44 Å². The maximum Gasteiger partial charge on any atom is 0.240 e. The predicted molar refractivity (Wildman–Crippen MR) is 118 cm³/mol. The van der Waals surface area contributed by atoms with Crippen LogP contribution in [-0.2, 0) is 20.0 Å². The second-order valence-electron chi connectivity index (χ2n) is 9.33. The molecule has 0 heterocycles. The molecule has 0 spiro atoms. The van der Waals surface area contributed by atoms with E-state index in [1.54, 1.807) is 60.7 Å². The SMILES string of the molecule is CC1(C)C[C@H](NS(=O)(=O)c2ccccc2)C[C@](C)(CNS(=O)(=O)c2ccccc2)C1. The molecule has 1 aliphatic rings. The molecule has 0 bridgehead atoms. The fraction of sp³-hybridized carbons (Fsp3) is 0.455. The molecule has 3 rings (SSSR count). The summed E-state index contributed by atoms with van der Waals surface area (Å²) in [5, 5.41) is 0. The summed E-state index contributed by atoms with van der Waals surface area (Å²) < 4.78 is 56.5. The highest BCUT2D eigenvalue weighted by molar-refractivity contribution is 7.89. The largest absolute Gasteiger partial charge is 0.240 e. The second-order valence-corrected chi connectivity index (χ2v) is 12.8. The van der Waals surface area contributed by atoms with Gasteiger partial charge in [-0.2, -0.15) is 0 Å². The lowest BCUT2D eigenvalue weighted by Crippen LogP contribution is -2.50. The lowest BCUT2D eigenvalue weighted by atomic mass is 9.63. The summed E-state index contributed by atoms with van der Waals surface area (Å²) in [6.07, 6.45) is 2.04. The van der Waals surface area contributed by atoms with Crippen molar-refractivity contribution in [2.75, 3.05) is 6.54 Å². The summed E-state index contributed by atoms with van der Waals surface area (Å²) in [5.74, 6) is 0. The van der Waals surface area contributed by atoms with E-state index >= 15 is 0 Å². The van der Waals surface area contributed by atoms with Crippen LogP contribution in [0.15, 0.2) is 70.5 Å². The summed E-state index contributed by atoms with van der Waals surface area (Å²) in [5.41, 5.74) is -0.511. The van der Waals surface area contributed by atoms with Crippen LogP contribution in [-0.4, -0.2) is 29.4 Å². The molecule has 0 amide bonds. The van der Waals surface area contributed by atoms with Gasteiger partial charge in [0.25, 0.3) is 0 Å². The van der Waals surface area contributed by atoms with Crippen molar-refractivity contribution in [1.29, 1.82) is 0 Å². The van der Waals surface area contributed by atoms with E-state index in [0.29, 0.717) is 12.8 Å². The van der Waals surface area contributed by atoms with Gasteiger partial charge in [0.05, 0.1) is 9.79 Å². The standard InChI is InChI=1S/C22H30N2O4S2/c1-21(2)14-18(24-30(27,28)20-12-8-5-9-13-20)15-22(3,16-21)17-23-29(25,26)19-10-6-4-7-11-19/h4-13,18,23-24H,14-17H2,1-3H3/t18-,22-/m0/s1. The number of nitrogens with one attached hydrogen (secondary N) is 2. The topological polar surface area (TPSA) is 92.3 Å². The van der Waals surface area contributed by atoms with E-state index in [9.17, 15) is 16.8 Å². The van der Waals surface area contributed by atoms with E-state index in [1.165, 1.54) is 0 Å². The average molecular weight is 451 g/mol. The third-order valence-corrected chi connectivity index (χ3v) is 8.51. The molecule has 2 aromatic carbocycles. The number of hydrogen-bond acceptors (Lipinski definition) is 4. The number of rotatable bonds is 7. The molecule has 2 N–H and O–H groups in total. The van der Waals surface area contributed by atoms with Crippen LogP contribution in [0, 0.1) is 10.8 Å². The number of hydrogen-bond donors (Lipinski definition) is 2. The van der Waals surface area contributed by atoms with Gasteiger partial charge in [0.1, 0.15) is 0 Å². The molecule has 0 aromatic heterocycles. The summed E-state index contributed by atoms with van der Waals surface area (Å²) in [7, 11) is -7.25. The zero-order valence-electron chi connectivity index (χ0n) is 17.6. The lowest BCUT2D eigenvalue weighted by Gasteiger charge is -2.46. The fourth-order valence-corrected chi connectivity index (χ4v) is 7.17. The maximum absolute atomic E-state index is 12.8. The Morgan fingerprint density at radius 3 is 1.83 bits per heavy atom. The second kappa shape index (κ2) is 8.42. The normalized spacial score (nSPS) is 24.4. The third-order valence-electron chi connectivity index (χ3n) is 5.56. The first-order valence-corrected chi connectivity index (χ1v) is 13.0. The smallest absolute Gasteiger partial charge is 0.211 e. The highest BCUT2D eigenvalue weighted by Gasteiger charge is 2.43. The van der Waals surface area contributed by atoms with Crippen LogP contribution in [0.3, 0.4) is 0 Å². The number of benzene rings is 2. The van der Waals surface area contributed by atoms with E-state index in [-0.39, 0.29) is 33.2 Å². The van der Waals surface area contributed by atoms with Crippen molar-refractivity contribution in [3.8, 4) is 0 Å². The van der Waals surface area contributed by atoms with Gasteiger partial charge in [0, 0.05) is 12.6 Å². The van der Waals surface area contributed by atoms with Crippen molar-refractivity contribution in [2.45, 2.75) is 55.9 Å². The molecule has 8 heteroatoms. The third kappa shape index (κ3) is 5.69. The van der Waals surface area contributed by atoms with Crippen molar-refractivity contribution in [3.63, 3.8) is 0 Å². The molecule has 1 aliphatic carbocycles. The summed E-state index contributed by atoms with van der Waals surface area (Å²) in [6, 6.07) is 16.3. The quantitative estimate of drug-likeness (QED) is 0.675. The highest BCUT2D eigenvalue weighted by atomic mass is 32.2. The van der Waals surface area contributed by atoms with Gasteiger partial charge < -0.3 is 0 Å². The van der Waals surface area contributed by atoms with Gasteiger partial charge in [-0.3, -0.25) is 0 Å². The molecule has 2 aromatic rings. The Kier molecular flexibility index (Phi) is 6.43. The van der Waals surface area contributed by atoms with Crippen LogP contribution in [0.25, 0.3) is 0 Å². The molecule has 2 atom stereocenters.